The fourth-order valence-corrected chi connectivity index (χ4v) is 2.22. The lowest BCUT2D eigenvalue weighted by Gasteiger charge is -2.07. The van der Waals surface area contributed by atoms with Gasteiger partial charge in [-0.05, 0) is 18.2 Å². The zero-order chi connectivity index (χ0) is 9.83. The summed E-state index contributed by atoms with van der Waals surface area (Å²) in [7, 11) is 0. The molecule has 0 N–H and O–H groups in total. The second-order valence-corrected chi connectivity index (χ2v) is 4.04. The SMILES string of the molecule is C1=CC2OC2c2cc3ccccc3nc21. The number of ether oxygens (including phenoxy) is 1. The summed E-state index contributed by atoms with van der Waals surface area (Å²) in [6.07, 6.45) is 4.73. The molecule has 0 radical (unpaired) electrons. The van der Waals surface area contributed by atoms with Crippen LogP contribution in [-0.2, 0) is 4.74 Å². The van der Waals surface area contributed by atoms with E-state index >= 15 is 0 Å². The Morgan fingerprint density at radius 3 is 3.13 bits per heavy atom. The van der Waals surface area contributed by atoms with E-state index in [1.165, 1.54) is 10.9 Å². The van der Waals surface area contributed by atoms with Crippen LogP contribution in [0.5, 0.6) is 0 Å². The number of nitrogens with zero attached hydrogens (tertiary/aromatic N) is 1. The molecule has 0 amide bonds. The Hall–Kier alpha value is -1.67. The normalized spacial score (nSPS) is 26.1. The first kappa shape index (κ1) is 7.60. The number of hydrogen-bond donors (Lipinski definition) is 0. The molecule has 0 spiro atoms. The first-order valence-corrected chi connectivity index (χ1v) is 5.15. The highest BCUT2D eigenvalue weighted by molar-refractivity contribution is 5.81. The molecule has 1 saturated heterocycles. The van der Waals surface area contributed by atoms with Crippen LogP contribution in [0.4, 0.5) is 0 Å². The molecular weight excluding hydrogens is 186 g/mol. The van der Waals surface area contributed by atoms with Crippen molar-refractivity contribution in [1.82, 2.24) is 4.98 Å². The van der Waals surface area contributed by atoms with Crippen LogP contribution in [0.2, 0.25) is 0 Å². The van der Waals surface area contributed by atoms with Gasteiger partial charge >= 0.3 is 0 Å². The monoisotopic (exact) mass is 195 g/mol. The summed E-state index contributed by atoms with van der Waals surface area (Å²) in [5.41, 5.74) is 3.36. The van der Waals surface area contributed by atoms with Crippen molar-refractivity contribution >= 4 is 17.0 Å². The van der Waals surface area contributed by atoms with Crippen molar-refractivity contribution in [2.45, 2.75) is 12.2 Å². The Morgan fingerprint density at radius 2 is 2.13 bits per heavy atom. The maximum absolute atomic E-state index is 5.53. The van der Waals surface area contributed by atoms with Crippen LogP contribution in [-0.4, -0.2) is 11.1 Å². The number of aromatic nitrogens is 1. The molecule has 2 heterocycles. The molecule has 2 nitrogen and oxygen atoms in total. The molecule has 2 heteroatoms. The highest BCUT2D eigenvalue weighted by Gasteiger charge is 2.42. The Morgan fingerprint density at radius 1 is 1.20 bits per heavy atom. The molecule has 1 aromatic carbocycles. The maximum atomic E-state index is 5.53. The molecule has 1 aliphatic heterocycles. The lowest BCUT2D eigenvalue weighted by Crippen LogP contribution is -1.98. The first-order valence-electron chi connectivity index (χ1n) is 5.15. The maximum Gasteiger partial charge on any atom is 0.115 e. The smallest absolute Gasteiger partial charge is 0.115 e. The molecule has 2 unspecified atom stereocenters. The molecule has 15 heavy (non-hydrogen) atoms. The minimum absolute atomic E-state index is 0.266. The topological polar surface area (TPSA) is 25.4 Å². The van der Waals surface area contributed by atoms with Crippen LogP contribution in [0.1, 0.15) is 17.4 Å². The third-order valence-corrected chi connectivity index (χ3v) is 3.06. The van der Waals surface area contributed by atoms with E-state index in [1.54, 1.807) is 0 Å². The van der Waals surface area contributed by atoms with Gasteiger partial charge < -0.3 is 4.74 Å². The van der Waals surface area contributed by atoms with Gasteiger partial charge in [-0.2, -0.15) is 0 Å². The van der Waals surface area contributed by atoms with E-state index in [0.717, 1.165) is 11.2 Å². The van der Waals surface area contributed by atoms with E-state index in [9.17, 15) is 0 Å². The van der Waals surface area contributed by atoms with Crippen LogP contribution < -0.4 is 0 Å². The Kier molecular flexibility index (Phi) is 1.25. The van der Waals surface area contributed by atoms with E-state index in [0.29, 0.717) is 6.10 Å². The van der Waals surface area contributed by atoms with Crippen LogP contribution in [0.25, 0.3) is 17.0 Å². The second-order valence-electron chi connectivity index (χ2n) is 4.04. The third kappa shape index (κ3) is 0.997. The molecule has 2 aromatic rings. The lowest BCUT2D eigenvalue weighted by molar-refractivity contribution is 0.395. The molecule has 1 fully saturated rings. The molecular formula is C13H9NO. The van der Waals surface area contributed by atoms with Crippen molar-refractivity contribution in [2.24, 2.45) is 0 Å². The zero-order valence-corrected chi connectivity index (χ0v) is 8.05. The lowest BCUT2D eigenvalue weighted by atomic mass is 10.00. The van der Waals surface area contributed by atoms with Gasteiger partial charge in [0.05, 0.1) is 11.2 Å². The number of benzene rings is 1. The predicted molar refractivity (Wildman–Crippen MR) is 58.4 cm³/mol. The number of para-hydroxylation sites is 1. The fourth-order valence-electron chi connectivity index (χ4n) is 2.22. The van der Waals surface area contributed by atoms with E-state index in [4.69, 9.17) is 4.74 Å². The molecule has 0 saturated carbocycles. The summed E-state index contributed by atoms with van der Waals surface area (Å²) in [5.74, 6) is 0. The van der Waals surface area contributed by atoms with Crippen LogP contribution in [0.15, 0.2) is 36.4 Å². The van der Waals surface area contributed by atoms with Gasteiger partial charge in [0.2, 0.25) is 0 Å². The minimum atomic E-state index is 0.266. The van der Waals surface area contributed by atoms with Gasteiger partial charge in [-0.3, -0.25) is 0 Å². The highest BCUT2D eigenvalue weighted by Crippen LogP contribution is 2.45. The van der Waals surface area contributed by atoms with E-state index in [-0.39, 0.29) is 6.10 Å². The van der Waals surface area contributed by atoms with E-state index in [2.05, 4.69) is 29.3 Å². The van der Waals surface area contributed by atoms with Gasteiger partial charge in [-0.25, -0.2) is 4.98 Å². The summed E-state index contributed by atoms with van der Waals surface area (Å²) >= 11 is 0. The van der Waals surface area contributed by atoms with Gasteiger partial charge in [0.1, 0.15) is 12.2 Å². The average Bonchev–Trinajstić information content (AvgIpc) is 3.06. The van der Waals surface area contributed by atoms with Crippen molar-refractivity contribution in [2.75, 3.05) is 0 Å². The third-order valence-electron chi connectivity index (χ3n) is 3.06. The van der Waals surface area contributed by atoms with Crippen molar-refractivity contribution in [3.63, 3.8) is 0 Å². The van der Waals surface area contributed by atoms with Crippen molar-refractivity contribution in [3.05, 3.63) is 47.7 Å². The number of pyridine rings is 1. The van der Waals surface area contributed by atoms with Crippen molar-refractivity contribution in [3.8, 4) is 0 Å². The molecule has 72 valence electrons. The highest BCUT2D eigenvalue weighted by atomic mass is 16.6. The van der Waals surface area contributed by atoms with Gasteiger partial charge in [0, 0.05) is 10.9 Å². The Balaban J connectivity index is 2.07. The Bertz CT molecular complexity index is 588. The Labute approximate surface area is 87.2 Å². The molecule has 4 rings (SSSR count). The molecule has 1 aliphatic carbocycles. The number of rotatable bonds is 0. The van der Waals surface area contributed by atoms with E-state index < -0.39 is 0 Å². The predicted octanol–water partition coefficient (Wildman–Crippen LogP) is 2.70. The number of fused-ring (bicyclic) bond motifs is 4. The van der Waals surface area contributed by atoms with Crippen molar-refractivity contribution < 1.29 is 4.74 Å². The molecule has 0 bridgehead atoms. The number of epoxide rings is 1. The van der Waals surface area contributed by atoms with Gasteiger partial charge in [0.15, 0.2) is 0 Å². The van der Waals surface area contributed by atoms with E-state index in [1.807, 2.05) is 18.2 Å². The molecule has 1 aromatic heterocycles. The van der Waals surface area contributed by atoms with Gasteiger partial charge in [0.25, 0.3) is 0 Å². The van der Waals surface area contributed by atoms with Crippen LogP contribution in [0, 0.1) is 0 Å². The summed E-state index contributed by atoms with van der Waals surface area (Å²) in [4.78, 5) is 4.63. The fraction of sp³-hybridized carbons (Fsp3) is 0.154. The second kappa shape index (κ2) is 2.47. The molecule has 2 atom stereocenters. The minimum Gasteiger partial charge on any atom is -0.360 e. The first-order chi connectivity index (χ1) is 7.42. The van der Waals surface area contributed by atoms with Crippen molar-refractivity contribution in [1.29, 1.82) is 0 Å². The summed E-state index contributed by atoms with van der Waals surface area (Å²) < 4.78 is 5.53. The number of hydrogen-bond acceptors (Lipinski definition) is 2. The summed E-state index contributed by atoms with van der Waals surface area (Å²) in [6, 6.07) is 10.4. The zero-order valence-electron chi connectivity index (χ0n) is 8.05. The standard InChI is InChI=1S/C13H9NO/c1-2-4-10-8(3-1)7-9-11(14-10)5-6-12-13(9)15-12/h1-7,12-13H. The molecule has 2 aliphatic rings. The largest absolute Gasteiger partial charge is 0.360 e. The van der Waals surface area contributed by atoms with Gasteiger partial charge in [-0.1, -0.05) is 24.3 Å². The van der Waals surface area contributed by atoms with Gasteiger partial charge in [-0.15, -0.1) is 0 Å². The summed E-state index contributed by atoms with van der Waals surface area (Å²) in [6.45, 7) is 0. The average molecular weight is 195 g/mol. The van der Waals surface area contributed by atoms with Crippen LogP contribution in [0.3, 0.4) is 0 Å². The quantitative estimate of drug-likeness (QED) is 0.604. The van der Waals surface area contributed by atoms with Crippen LogP contribution >= 0.6 is 0 Å². The summed E-state index contributed by atoms with van der Waals surface area (Å²) in [5, 5.41) is 1.20.